The van der Waals surface area contributed by atoms with Crippen LogP contribution in [-0.2, 0) is 27.2 Å². The Labute approximate surface area is 208 Å². The van der Waals surface area contributed by atoms with Gasteiger partial charge in [0, 0.05) is 6.07 Å². The number of carboxylic acid groups (broad SMARTS) is 1. The van der Waals surface area contributed by atoms with Crippen molar-refractivity contribution in [1.29, 1.82) is 0 Å². The maximum Gasteiger partial charge on any atom is 0.430 e. The number of nitrogens with two attached hydrogens (primary N) is 1. The summed E-state index contributed by atoms with van der Waals surface area (Å²) in [7, 11) is 0. The van der Waals surface area contributed by atoms with Crippen LogP contribution in [0.3, 0.4) is 0 Å². The molecule has 0 atom stereocenters. The van der Waals surface area contributed by atoms with Crippen molar-refractivity contribution < 1.29 is 47.5 Å². The standard InChI is InChI=1S/C23H32N2O4.C2HF3O2/c1-8-17-19(21(26)28-9-2)18(25-20(17)22(27)29-23(5,6)7)13-24-16-11-10-14(3)15(4)12-16;3-2(4,5)1(6)7/h10-12,24-25H,8-9,13H2,1-7H3;(H,6,7). The third-order valence-corrected chi connectivity index (χ3v) is 4.92. The molecule has 0 fully saturated rings. The summed E-state index contributed by atoms with van der Waals surface area (Å²) in [5.41, 5.74) is 4.96. The Kier molecular flexibility index (Phi) is 10.7. The molecule has 0 bridgehead atoms. The molecule has 0 aliphatic carbocycles. The molecule has 0 unspecified atom stereocenters. The first-order valence-corrected chi connectivity index (χ1v) is 11.3. The molecule has 11 heteroatoms. The predicted octanol–water partition coefficient (Wildman–Crippen LogP) is 3.02. The fraction of sp³-hybridized carbons (Fsp3) is 0.480. The number of esters is 2. The lowest BCUT2D eigenvalue weighted by Crippen LogP contribution is -2.76. The van der Waals surface area contributed by atoms with Crippen LogP contribution in [0.15, 0.2) is 18.2 Å². The minimum atomic E-state index is -5.19. The van der Waals surface area contributed by atoms with E-state index in [0.717, 1.165) is 5.69 Å². The summed E-state index contributed by atoms with van der Waals surface area (Å²) in [6, 6.07) is 6.23. The van der Waals surface area contributed by atoms with E-state index < -0.39 is 29.7 Å². The van der Waals surface area contributed by atoms with Gasteiger partial charge in [0.2, 0.25) is 0 Å². The zero-order valence-corrected chi connectivity index (χ0v) is 21.5. The molecule has 2 aromatic rings. The van der Waals surface area contributed by atoms with Crippen LogP contribution in [0.1, 0.15) is 77.8 Å². The number of carbonyl (C=O) groups excluding carboxylic acids is 3. The number of aryl methyl sites for hydroxylation is 2. The summed E-state index contributed by atoms with van der Waals surface area (Å²) >= 11 is 0. The maximum absolute atomic E-state index is 12.7. The number of aromatic nitrogens is 1. The molecule has 0 amide bonds. The summed E-state index contributed by atoms with van der Waals surface area (Å²) < 4.78 is 42.3. The lowest BCUT2D eigenvalue weighted by Gasteiger charge is -2.19. The highest BCUT2D eigenvalue weighted by Crippen LogP contribution is 2.24. The zero-order chi connectivity index (χ0) is 27.8. The average molecular weight is 515 g/mol. The Morgan fingerprint density at radius 1 is 1.03 bits per heavy atom. The highest BCUT2D eigenvalue weighted by molar-refractivity contribution is 5.98. The van der Waals surface area contributed by atoms with Crippen molar-refractivity contribution in [2.45, 2.75) is 73.2 Å². The molecule has 0 aliphatic rings. The number of nitrogens with one attached hydrogen (secondary N) is 1. The molecular weight excluding hydrogens is 481 g/mol. The number of alkyl halides is 3. The van der Waals surface area contributed by atoms with Gasteiger partial charge in [0.25, 0.3) is 0 Å². The van der Waals surface area contributed by atoms with E-state index in [9.17, 15) is 22.8 Å². The second kappa shape index (κ2) is 12.6. The van der Waals surface area contributed by atoms with Crippen molar-refractivity contribution in [2.75, 3.05) is 6.61 Å². The lowest BCUT2D eigenvalue weighted by molar-refractivity contribution is -0.589. The first-order chi connectivity index (χ1) is 16.5. The average Bonchev–Trinajstić information content (AvgIpc) is 3.12. The molecule has 36 heavy (non-hydrogen) atoms. The number of carbonyl (C=O) groups is 3. The van der Waals surface area contributed by atoms with Crippen LogP contribution in [0.4, 0.5) is 18.9 Å². The topological polar surface area (TPSA) is 125 Å². The molecule has 0 saturated heterocycles. The van der Waals surface area contributed by atoms with Gasteiger partial charge in [0.1, 0.15) is 29.5 Å². The van der Waals surface area contributed by atoms with Crippen molar-refractivity contribution >= 4 is 23.6 Å². The summed E-state index contributed by atoms with van der Waals surface area (Å²) in [6.07, 6.45) is -4.68. The Bertz CT molecular complexity index is 1080. The number of ether oxygens (including phenoxy) is 2. The lowest BCUT2D eigenvalue weighted by atomic mass is 10.1. The van der Waals surface area contributed by atoms with Crippen LogP contribution in [0, 0.1) is 13.8 Å². The fourth-order valence-electron chi connectivity index (χ4n) is 3.17. The molecule has 0 aliphatic heterocycles. The number of halogens is 3. The third kappa shape index (κ3) is 9.03. The number of hydrogen-bond acceptors (Lipinski definition) is 6. The van der Waals surface area contributed by atoms with E-state index in [1.807, 2.05) is 39.1 Å². The summed E-state index contributed by atoms with van der Waals surface area (Å²) in [4.78, 5) is 37.3. The van der Waals surface area contributed by atoms with Gasteiger partial charge < -0.3 is 29.7 Å². The molecule has 200 valence electrons. The van der Waals surface area contributed by atoms with Crippen molar-refractivity contribution in [3.8, 4) is 0 Å². The summed E-state index contributed by atoms with van der Waals surface area (Å²) in [5.74, 6) is -3.89. The Hall–Kier alpha value is -3.34. The smallest absolute Gasteiger partial charge is 0.430 e. The molecule has 3 N–H and O–H groups in total. The van der Waals surface area contributed by atoms with Gasteiger partial charge in [-0.3, -0.25) is 0 Å². The van der Waals surface area contributed by atoms with Crippen LogP contribution in [-0.4, -0.2) is 41.3 Å². The molecular formula is C25H33F3N2O6. The van der Waals surface area contributed by atoms with Gasteiger partial charge in [-0.05, 0) is 70.7 Å². The highest BCUT2D eigenvalue weighted by atomic mass is 19.4. The molecule has 2 rings (SSSR count). The van der Waals surface area contributed by atoms with Crippen LogP contribution in [0.2, 0.25) is 0 Å². The van der Waals surface area contributed by atoms with Gasteiger partial charge in [-0.25, -0.2) is 9.59 Å². The first kappa shape index (κ1) is 30.7. The van der Waals surface area contributed by atoms with E-state index in [-0.39, 0.29) is 6.61 Å². The van der Waals surface area contributed by atoms with E-state index in [1.165, 1.54) is 11.1 Å². The van der Waals surface area contributed by atoms with E-state index in [1.54, 1.807) is 6.92 Å². The molecule has 1 heterocycles. The number of H-pyrrole nitrogens is 1. The van der Waals surface area contributed by atoms with Crippen LogP contribution in [0.25, 0.3) is 0 Å². The molecule has 1 aromatic heterocycles. The molecule has 8 nitrogen and oxygen atoms in total. The second-order valence-corrected chi connectivity index (χ2v) is 8.95. The van der Waals surface area contributed by atoms with Crippen molar-refractivity contribution in [1.82, 2.24) is 4.98 Å². The summed E-state index contributed by atoms with van der Waals surface area (Å²) in [5, 5.41) is 10.8. The maximum atomic E-state index is 12.7. The van der Waals surface area contributed by atoms with Gasteiger partial charge in [-0.15, -0.1) is 0 Å². The van der Waals surface area contributed by atoms with E-state index in [2.05, 4.69) is 31.0 Å². The molecule has 1 aromatic carbocycles. The first-order valence-electron chi connectivity index (χ1n) is 11.3. The van der Waals surface area contributed by atoms with Crippen molar-refractivity contribution in [3.63, 3.8) is 0 Å². The van der Waals surface area contributed by atoms with Crippen molar-refractivity contribution in [2.24, 2.45) is 0 Å². The second-order valence-electron chi connectivity index (χ2n) is 8.95. The predicted molar refractivity (Wildman–Crippen MR) is 124 cm³/mol. The minimum absolute atomic E-state index is 0.273. The van der Waals surface area contributed by atoms with Gasteiger partial charge in [-0.2, -0.15) is 13.2 Å². The van der Waals surface area contributed by atoms with Gasteiger partial charge in [0.05, 0.1) is 17.9 Å². The SMILES string of the molecule is CCOC(=O)c1c(C[NH2+]c2ccc(C)c(C)c2)[nH]c(C(=O)OC(C)(C)C)c1CC.O=C([O-])C(F)(F)F. The zero-order valence-electron chi connectivity index (χ0n) is 21.5. The highest BCUT2D eigenvalue weighted by Gasteiger charge is 2.30. The van der Waals surface area contributed by atoms with E-state index in [4.69, 9.17) is 19.4 Å². The van der Waals surface area contributed by atoms with Crippen LogP contribution in [0.5, 0.6) is 0 Å². The van der Waals surface area contributed by atoms with Gasteiger partial charge >= 0.3 is 18.1 Å². The Balaban J connectivity index is 0.000000809. The van der Waals surface area contributed by atoms with E-state index in [0.29, 0.717) is 35.5 Å². The van der Waals surface area contributed by atoms with E-state index >= 15 is 0 Å². The largest absolute Gasteiger partial charge is 0.542 e. The Morgan fingerprint density at radius 2 is 1.61 bits per heavy atom. The molecule has 0 spiro atoms. The molecule has 0 radical (unpaired) electrons. The minimum Gasteiger partial charge on any atom is -0.542 e. The number of quaternary nitrogens is 1. The monoisotopic (exact) mass is 514 g/mol. The molecule has 0 saturated carbocycles. The Morgan fingerprint density at radius 3 is 2.06 bits per heavy atom. The number of hydrogen-bond donors (Lipinski definition) is 2. The summed E-state index contributed by atoms with van der Waals surface area (Å²) in [6.45, 7) is 14.0. The van der Waals surface area contributed by atoms with Crippen molar-refractivity contribution in [3.05, 3.63) is 51.8 Å². The number of carboxylic acids is 1. The van der Waals surface area contributed by atoms with Crippen LogP contribution >= 0.6 is 0 Å². The number of rotatable bonds is 7. The number of aromatic amines is 1. The fourth-order valence-corrected chi connectivity index (χ4v) is 3.17. The number of benzene rings is 1. The third-order valence-electron chi connectivity index (χ3n) is 4.92. The quantitative estimate of drug-likeness (QED) is 0.432. The van der Waals surface area contributed by atoms with Crippen LogP contribution < -0.4 is 10.4 Å². The van der Waals surface area contributed by atoms with Gasteiger partial charge in [-0.1, -0.05) is 13.0 Å². The van der Waals surface area contributed by atoms with Gasteiger partial charge in [0.15, 0.2) is 0 Å². The normalized spacial score (nSPS) is 11.4. The number of aliphatic carboxylic acids is 1.